The molecule has 34 heavy (non-hydrogen) atoms. The first kappa shape index (κ1) is 24.9. The highest BCUT2D eigenvalue weighted by Gasteiger charge is 2.30. The molecule has 0 N–H and O–H groups in total. The molecular weight excluding hydrogens is 481 g/mol. The van der Waals surface area contributed by atoms with E-state index >= 15 is 0 Å². The van der Waals surface area contributed by atoms with Crippen molar-refractivity contribution in [2.24, 2.45) is 0 Å². The fourth-order valence-electron chi connectivity index (χ4n) is 4.42. The Labute approximate surface area is 203 Å². The number of piperidine rings is 1. The second-order valence-corrected chi connectivity index (χ2v) is 11.6. The second kappa shape index (κ2) is 10.2. The molecule has 2 heterocycles. The third-order valence-electron chi connectivity index (χ3n) is 6.26. The van der Waals surface area contributed by atoms with Crippen molar-refractivity contribution in [3.8, 4) is 0 Å². The molecule has 3 aromatic rings. The highest BCUT2D eigenvalue weighted by Crippen LogP contribution is 2.40. The quantitative estimate of drug-likeness (QED) is 0.303. The molecule has 1 aliphatic rings. The molecule has 0 unspecified atom stereocenters. The number of nitrogens with zero attached hydrogens (tertiary/aromatic N) is 2. The average molecular weight is 511 g/mol. The zero-order chi connectivity index (χ0) is 24.3. The first-order chi connectivity index (χ1) is 16.2. The Morgan fingerprint density at radius 2 is 1.65 bits per heavy atom. The maximum atomic E-state index is 13.7. The van der Waals surface area contributed by atoms with Crippen molar-refractivity contribution in [3.05, 3.63) is 54.1 Å². The van der Waals surface area contributed by atoms with Gasteiger partial charge in [-0.3, -0.25) is 4.31 Å². The SMILES string of the molecule is Cc1c(N(CCCCC(F)(F)F)S(=O)(=O)c2ccc(N3CCCCC3)cc2)sc2ccccc12. The van der Waals surface area contributed by atoms with E-state index in [2.05, 4.69) is 4.90 Å². The van der Waals surface area contributed by atoms with Gasteiger partial charge in [0.1, 0.15) is 5.00 Å². The number of alkyl halides is 3. The number of fused-ring (bicyclic) bond motifs is 1. The number of hydrogen-bond acceptors (Lipinski definition) is 4. The molecule has 0 aliphatic carbocycles. The van der Waals surface area contributed by atoms with Gasteiger partial charge in [-0.1, -0.05) is 18.2 Å². The normalized spacial score (nSPS) is 15.1. The number of hydrogen-bond donors (Lipinski definition) is 0. The minimum absolute atomic E-state index is 0.0000479. The Morgan fingerprint density at radius 3 is 2.29 bits per heavy atom. The summed E-state index contributed by atoms with van der Waals surface area (Å²) < 4.78 is 67.7. The van der Waals surface area contributed by atoms with Crippen LogP contribution in [0.5, 0.6) is 0 Å². The summed E-state index contributed by atoms with van der Waals surface area (Å²) in [5.41, 5.74) is 1.82. The fourth-order valence-corrected chi connectivity index (χ4v) is 7.43. The summed E-state index contributed by atoms with van der Waals surface area (Å²) in [4.78, 5) is 2.41. The standard InChI is InChI=1S/C25H29F3N2O2S2/c1-19-22-9-3-4-10-23(22)33-24(19)30(18-8-5-15-25(26,27)28)34(31,32)21-13-11-20(12-14-21)29-16-6-2-7-17-29/h3-4,9-14H,2,5-8,15-18H2,1H3. The molecule has 1 aromatic heterocycles. The minimum atomic E-state index is -4.25. The molecule has 0 saturated carbocycles. The maximum absolute atomic E-state index is 13.7. The Balaban J connectivity index is 1.64. The Morgan fingerprint density at radius 1 is 0.971 bits per heavy atom. The number of thiophene rings is 1. The Kier molecular flexibility index (Phi) is 7.42. The molecule has 0 atom stereocenters. The number of sulfonamides is 1. The molecule has 1 aliphatic heterocycles. The van der Waals surface area contributed by atoms with Crippen LogP contribution in [0.15, 0.2) is 53.4 Å². The lowest BCUT2D eigenvalue weighted by Crippen LogP contribution is -2.32. The summed E-state index contributed by atoms with van der Waals surface area (Å²) in [7, 11) is -3.94. The first-order valence-electron chi connectivity index (χ1n) is 11.6. The lowest BCUT2D eigenvalue weighted by molar-refractivity contribution is -0.135. The van der Waals surface area contributed by atoms with Crippen molar-refractivity contribution in [1.29, 1.82) is 0 Å². The zero-order valence-corrected chi connectivity index (χ0v) is 20.8. The van der Waals surface area contributed by atoms with Crippen LogP contribution in [0.2, 0.25) is 0 Å². The van der Waals surface area contributed by atoms with Gasteiger partial charge < -0.3 is 4.90 Å². The highest BCUT2D eigenvalue weighted by molar-refractivity contribution is 7.93. The molecule has 1 saturated heterocycles. The summed E-state index contributed by atoms with van der Waals surface area (Å²) in [5, 5.41) is 1.52. The van der Waals surface area contributed by atoms with E-state index in [1.54, 1.807) is 12.1 Å². The number of aryl methyl sites for hydroxylation is 1. The van der Waals surface area contributed by atoms with Crippen LogP contribution in [0.1, 0.15) is 44.1 Å². The van der Waals surface area contributed by atoms with Crippen molar-refractivity contribution >= 4 is 42.1 Å². The van der Waals surface area contributed by atoms with Crippen LogP contribution in [0.4, 0.5) is 23.9 Å². The van der Waals surface area contributed by atoms with Crippen molar-refractivity contribution in [2.45, 2.75) is 56.5 Å². The van der Waals surface area contributed by atoms with E-state index in [1.165, 1.54) is 22.1 Å². The average Bonchev–Trinajstić information content (AvgIpc) is 3.15. The summed E-state index contributed by atoms with van der Waals surface area (Å²) in [6.45, 7) is 3.78. The molecule has 2 aromatic carbocycles. The number of halogens is 3. The molecule has 0 spiro atoms. The van der Waals surface area contributed by atoms with E-state index < -0.39 is 22.6 Å². The van der Waals surface area contributed by atoms with Crippen molar-refractivity contribution in [3.63, 3.8) is 0 Å². The molecule has 9 heteroatoms. The number of rotatable bonds is 8. The summed E-state index contributed by atoms with van der Waals surface area (Å²) in [5.74, 6) is 0. The Bertz CT molecular complexity index is 1220. The third-order valence-corrected chi connectivity index (χ3v) is 9.49. The van der Waals surface area contributed by atoms with E-state index in [1.807, 2.05) is 43.3 Å². The van der Waals surface area contributed by atoms with Gasteiger partial charge in [-0.15, -0.1) is 11.3 Å². The van der Waals surface area contributed by atoms with Crippen LogP contribution in [0.25, 0.3) is 10.1 Å². The van der Waals surface area contributed by atoms with E-state index in [0.29, 0.717) is 5.00 Å². The number of anilines is 2. The number of unbranched alkanes of at least 4 members (excludes halogenated alkanes) is 1. The van der Waals surface area contributed by atoms with Gasteiger partial charge in [-0.05, 0) is 80.3 Å². The van der Waals surface area contributed by atoms with Gasteiger partial charge in [0.05, 0.1) is 4.90 Å². The van der Waals surface area contributed by atoms with Crippen LogP contribution in [0.3, 0.4) is 0 Å². The minimum Gasteiger partial charge on any atom is -0.372 e. The van der Waals surface area contributed by atoms with E-state index in [4.69, 9.17) is 0 Å². The van der Waals surface area contributed by atoms with Gasteiger partial charge in [0.15, 0.2) is 0 Å². The third kappa shape index (κ3) is 5.51. The molecule has 0 amide bonds. The molecular formula is C25H29F3N2O2S2. The van der Waals surface area contributed by atoms with Crippen molar-refractivity contribution < 1.29 is 21.6 Å². The summed E-state index contributed by atoms with van der Waals surface area (Å²) in [6, 6.07) is 14.5. The van der Waals surface area contributed by atoms with E-state index in [9.17, 15) is 21.6 Å². The van der Waals surface area contributed by atoms with Crippen LogP contribution in [0, 0.1) is 6.92 Å². The van der Waals surface area contributed by atoms with Gasteiger partial charge in [-0.2, -0.15) is 13.2 Å². The predicted octanol–water partition coefficient (Wildman–Crippen LogP) is 7.13. The van der Waals surface area contributed by atoms with Crippen molar-refractivity contribution in [2.75, 3.05) is 28.8 Å². The zero-order valence-electron chi connectivity index (χ0n) is 19.1. The predicted molar refractivity (Wildman–Crippen MR) is 134 cm³/mol. The topological polar surface area (TPSA) is 40.6 Å². The monoisotopic (exact) mass is 510 g/mol. The molecule has 184 valence electrons. The molecule has 0 bridgehead atoms. The molecule has 4 nitrogen and oxygen atoms in total. The summed E-state index contributed by atoms with van der Waals surface area (Å²) in [6.07, 6.45) is -1.71. The lowest BCUT2D eigenvalue weighted by Gasteiger charge is -2.29. The largest absolute Gasteiger partial charge is 0.389 e. The van der Waals surface area contributed by atoms with Crippen LogP contribution < -0.4 is 9.21 Å². The van der Waals surface area contributed by atoms with Crippen LogP contribution in [-0.2, 0) is 10.0 Å². The van der Waals surface area contributed by atoms with Gasteiger partial charge in [0, 0.05) is 36.4 Å². The van der Waals surface area contributed by atoms with Gasteiger partial charge in [0.25, 0.3) is 10.0 Å². The molecule has 0 radical (unpaired) electrons. The molecule has 1 fully saturated rings. The maximum Gasteiger partial charge on any atom is 0.389 e. The first-order valence-corrected chi connectivity index (χ1v) is 13.8. The van der Waals surface area contributed by atoms with Crippen LogP contribution in [-0.4, -0.2) is 34.2 Å². The highest BCUT2D eigenvalue weighted by atomic mass is 32.2. The van der Waals surface area contributed by atoms with E-state index in [0.717, 1.165) is 47.3 Å². The molecule has 4 rings (SSSR count). The van der Waals surface area contributed by atoms with Gasteiger partial charge in [0.2, 0.25) is 0 Å². The summed E-state index contributed by atoms with van der Waals surface area (Å²) >= 11 is 1.36. The lowest BCUT2D eigenvalue weighted by atomic mass is 10.1. The van der Waals surface area contributed by atoms with E-state index in [-0.39, 0.29) is 24.3 Å². The van der Waals surface area contributed by atoms with Gasteiger partial charge in [-0.25, -0.2) is 8.42 Å². The van der Waals surface area contributed by atoms with Crippen LogP contribution >= 0.6 is 11.3 Å². The fraction of sp³-hybridized carbons (Fsp3) is 0.440. The number of benzene rings is 2. The van der Waals surface area contributed by atoms with Gasteiger partial charge >= 0.3 is 6.18 Å². The second-order valence-electron chi connectivity index (χ2n) is 8.72. The Hall–Kier alpha value is -2.26. The smallest absolute Gasteiger partial charge is 0.372 e. The van der Waals surface area contributed by atoms with Crippen molar-refractivity contribution in [1.82, 2.24) is 0 Å².